The quantitative estimate of drug-likeness (QED) is 0.458. The minimum atomic E-state index is 0.422. The standard InChI is InChI=1S/C8H12N2/c1-3-5-6-10-8(4-2)7-9/h3-6H,1-2,7,9H2/b6-5-,10-8?. The molecule has 0 bridgehead atoms. The lowest BCUT2D eigenvalue weighted by Crippen LogP contribution is -2.09. The maximum Gasteiger partial charge on any atom is 0.0533 e. The first-order valence-electron chi connectivity index (χ1n) is 3.02. The average molecular weight is 136 g/mol. The lowest BCUT2D eigenvalue weighted by Gasteiger charge is -1.89. The zero-order valence-electron chi connectivity index (χ0n) is 5.96. The number of hydrogen-bond donors (Lipinski definition) is 1. The molecule has 0 aliphatic carbocycles. The maximum absolute atomic E-state index is 5.30. The molecule has 0 fully saturated rings. The molecular weight excluding hydrogens is 124 g/mol. The van der Waals surface area contributed by atoms with Crippen LogP contribution in [-0.2, 0) is 0 Å². The van der Waals surface area contributed by atoms with Gasteiger partial charge in [-0.2, -0.15) is 0 Å². The van der Waals surface area contributed by atoms with Crippen LogP contribution in [-0.4, -0.2) is 12.3 Å². The van der Waals surface area contributed by atoms with Gasteiger partial charge in [0.15, 0.2) is 0 Å². The summed E-state index contributed by atoms with van der Waals surface area (Å²) < 4.78 is 0. The lowest BCUT2D eigenvalue weighted by molar-refractivity contribution is 1.30. The third-order valence-corrected chi connectivity index (χ3v) is 0.907. The molecule has 0 rings (SSSR count). The number of nitrogens with zero attached hydrogens (tertiary/aromatic N) is 1. The molecule has 0 unspecified atom stereocenters. The van der Waals surface area contributed by atoms with Crippen LogP contribution in [0.4, 0.5) is 0 Å². The number of aliphatic imine (C=N–C) groups is 1. The Morgan fingerprint density at radius 2 is 2.20 bits per heavy atom. The van der Waals surface area contributed by atoms with Crippen molar-refractivity contribution >= 4 is 5.71 Å². The second-order valence-corrected chi connectivity index (χ2v) is 1.61. The minimum Gasteiger partial charge on any atom is -0.325 e. The molecule has 54 valence electrons. The van der Waals surface area contributed by atoms with Gasteiger partial charge < -0.3 is 5.73 Å². The first-order valence-corrected chi connectivity index (χ1v) is 3.02. The SMILES string of the molecule is C=C/C=C\N=C(C=C)CN. The minimum absolute atomic E-state index is 0.422. The van der Waals surface area contributed by atoms with Gasteiger partial charge in [-0.1, -0.05) is 19.2 Å². The van der Waals surface area contributed by atoms with Gasteiger partial charge in [0.25, 0.3) is 0 Å². The zero-order valence-corrected chi connectivity index (χ0v) is 5.96. The van der Waals surface area contributed by atoms with E-state index in [0.29, 0.717) is 6.54 Å². The Bertz CT molecular complexity index is 166. The highest BCUT2D eigenvalue weighted by Gasteiger charge is 1.82. The van der Waals surface area contributed by atoms with E-state index >= 15 is 0 Å². The number of rotatable bonds is 4. The molecule has 0 heterocycles. The predicted molar refractivity (Wildman–Crippen MR) is 46.0 cm³/mol. The van der Waals surface area contributed by atoms with Crippen LogP contribution >= 0.6 is 0 Å². The molecule has 0 radical (unpaired) electrons. The molecule has 0 aliphatic rings. The van der Waals surface area contributed by atoms with Crippen LogP contribution in [0.5, 0.6) is 0 Å². The van der Waals surface area contributed by atoms with Crippen molar-refractivity contribution in [2.75, 3.05) is 6.54 Å². The Morgan fingerprint density at radius 1 is 1.50 bits per heavy atom. The van der Waals surface area contributed by atoms with Crippen molar-refractivity contribution in [1.82, 2.24) is 0 Å². The summed E-state index contributed by atoms with van der Waals surface area (Å²) in [6.45, 7) is 7.46. The summed E-state index contributed by atoms with van der Waals surface area (Å²) in [4.78, 5) is 3.97. The van der Waals surface area contributed by atoms with Crippen LogP contribution in [0.15, 0.2) is 42.6 Å². The summed E-state index contributed by atoms with van der Waals surface area (Å²) in [6.07, 6.45) is 6.66. The smallest absolute Gasteiger partial charge is 0.0533 e. The first kappa shape index (κ1) is 8.85. The molecule has 10 heavy (non-hydrogen) atoms. The molecule has 0 aromatic rings. The van der Waals surface area contributed by atoms with Gasteiger partial charge in [-0.25, -0.2) is 0 Å². The Balaban J connectivity index is 3.97. The van der Waals surface area contributed by atoms with Crippen LogP contribution in [0.1, 0.15) is 0 Å². The molecule has 2 heteroatoms. The van der Waals surface area contributed by atoms with Gasteiger partial charge >= 0.3 is 0 Å². The van der Waals surface area contributed by atoms with Crippen molar-refractivity contribution in [3.63, 3.8) is 0 Å². The van der Waals surface area contributed by atoms with Gasteiger partial charge in [0.2, 0.25) is 0 Å². The average Bonchev–Trinajstić information content (AvgIpc) is 1.99. The van der Waals surface area contributed by atoms with Crippen molar-refractivity contribution in [1.29, 1.82) is 0 Å². The Morgan fingerprint density at radius 3 is 2.60 bits per heavy atom. The molecule has 2 N–H and O–H groups in total. The summed E-state index contributed by atoms with van der Waals surface area (Å²) in [5, 5.41) is 0. The number of nitrogens with two attached hydrogens (primary N) is 1. The predicted octanol–water partition coefficient (Wildman–Crippen LogP) is 1.27. The van der Waals surface area contributed by atoms with E-state index in [1.165, 1.54) is 0 Å². The summed E-state index contributed by atoms with van der Waals surface area (Å²) in [5.74, 6) is 0. The van der Waals surface area contributed by atoms with Crippen molar-refractivity contribution in [2.24, 2.45) is 10.7 Å². The normalized spacial score (nSPS) is 11.9. The monoisotopic (exact) mass is 136 g/mol. The molecule has 0 saturated heterocycles. The molecule has 0 spiro atoms. The van der Waals surface area contributed by atoms with Crippen LogP contribution in [0.2, 0.25) is 0 Å². The molecule has 0 aromatic heterocycles. The van der Waals surface area contributed by atoms with Crippen molar-refractivity contribution in [3.8, 4) is 0 Å². The fourth-order valence-electron chi connectivity index (χ4n) is 0.388. The summed E-state index contributed by atoms with van der Waals surface area (Å²) >= 11 is 0. The zero-order chi connectivity index (χ0) is 7.82. The molecule has 0 aromatic carbocycles. The van der Waals surface area contributed by atoms with Gasteiger partial charge in [0.05, 0.1) is 5.71 Å². The highest BCUT2D eigenvalue weighted by atomic mass is 14.7. The van der Waals surface area contributed by atoms with Gasteiger partial charge in [-0.05, 0) is 12.2 Å². The Kier molecular flexibility index (Phi) is 5.29. The van der Waals surface area contributed by atoms with Crippen molar-refractivity contribution < 1.29 is 0 Å². The fraction of sp³-hybridized carbons (Fsp3) is 0.125. The first-order chi connectivity index (χ1) is 4.85. The third kappa shape index (κ3) is 3.80. The largest absolute Gasteiger partial charge is 0.325 e. The van der Waals surface area contributed by atoms with E-state index < -0.39 is 0 Å². The van der Waals surface area contributed by atoms with E-state index in [0.717, 1.165) is 5.71 Å². The summed E-state index contributed by atoms with van der Waals surface area (Å²) in [5.41, 5.74) is 6.08. The molecular formula is C8H12N2. The lowest BCUT2D eigenvalue weighted by atomic mass is 10.4. The van der Waals surface area contributed by atoms with Crippen LogP contribution < -0.4 is 5.73 Å². The number of allylic oxidation sites excluding steroid dienone is 2. The molecule has 0 saturated carbocycles. The second kappa shape index (κ2) is 5.98. The van der Waals surface area contributed by atoms with E-state index in [-0.39, 0.29) is 0 Å². The Hall–Kier alpha value is -1.15. The fourth-order valence-corrected chi connectivity index (χ4v) is 0.388. The van der Waals surface area contributed by atoms with Gasteiger partial charge in [0, 0.05) is 12.7 Å². The van der Waals surface area contributed by atoms with Crippen LogP contribution in [0, 0.1) is 0 Å². The highest BCUT2D eigenvalue weighted by Crippen LogP contribution is 1.80. The van der Waals surface area contributed by atoms with Gasteiger partial charge in [-0.15, -0.1) is 0 Å². The van der Waals surface area contributed by atoms with Gasteiger partial charge in [0.1, 0.15) is 0 Å². The highest BCUT2D eigenvalue weighted by molar-refractivity contribution is 5.96. The van der Waals surface area contributed by atoms with Crippen LogP contribution in [0.25, 0.3) is 0 Å². The van der Waals surface area contributed by atoms with Crippen LogP contribution in [0.3, 0.4) is 0 Å². The van der Waals surface area contributed by atoms with Crippen molar-refractivity contribution in [3.05, 3.63) is 37.6 Å². The molecule has 0 amide bonds. The van der Waals surface area contributed by atoms with E-state index in [9.17, 15) is 0 Å². The summed E-state index contributed by atoms with van der Waals surface area (Å²) in [6, 6.07) is 0. The van der Waals surface area contributed by atoms with Crippen molar-refractivity contribution in [2.45, 2.75) is 0 Å². The maximum atomic E-state index is 5.30. The Labute approximate surface area is 61.5 Å². The summed E-state index contributed by atoms with van der Waals surface area (Å²) in [7, 11) is 0. The third-order valence-electron chi connectivity index (χ3n) is 0.907. The molecule has 0 atom stereocenters. The van der Waals surface area contributed by atoms with E-state index in [2.05, 4.69) is 18.2 Å². The second-order valence-electron chi connectivity index (χ2n) is 1.61. The van der Waals surface area contributed by atoms with Gasteiger partial charge in [-0.3, -0.25) is 4.99 Å². The van der Waals surface area contributed by atoms with E-state index in [4.69, 9.17) is 5.73 Å². The van der Waals surface area contributed by atoms with E-state index in [1.807, 2.05) is 0 Å². The topological polar surface area (TPSA) is 38.4 Å². The molecule has 2 nitrogen and oxygen atoms in total. The number of hydrogen-bond acceptors (Lipinski definition) is 2. The molecule has 0 aliphatic heterocycles. The van der Waals surface area contributed by atoms with E-state index in [1.54, 1.807) is 24.4 Å².